The Balaban J connectivity index is 1.53. The molecule has 1 saturated heterocycles. The first-order chi connectivity index (χ1) is 13.4. The van der Waals surface area contributed by atoms with Gasteiger partial charge in [-0.25, -0.2) is 0 Å². The van der Waals surface area contributed by atoms with Gasteiger partial charge in [0.05, 0.1) is 11.3 Å². The van der Waals surface area contributed by atoms with E-state index in [1.165, 1.54) is 12.1 Å². The van der Waals surface area contributed by atoms with Gasteiger partial charge in [-0.2, -0.15) is 8.42 Å². The lowest BCUT2D eigenvalue weighted by molar-refractivity contribution is -0.135. The molecule has 7 heteroatoms. The summed E-state index contributed by atoms with van der Waals surface area (Å²) in [5, 5.41) is 0. The zero-order chi connectivity index (χ0) is 19.7. The summed E-state index contributed by atoms with van der Waals surface area (Å²) in [4.78, 5) is 14.0. The number of piperidine rings is 1. The fourth-order valence-electron chi connectivity index (χ4n) is 4.16. The molecular weight excluding hydrogens is 378 g/mol. The Morgan fingerprint density at radius 3 is 2.79 bits per heavy atom. The van der Waals surface area contributed by atoms with Crippen LogP contribution in [0.2, 0.25) is 0 Å². The van der Waals surface area contributed by atoms with Gasteiger partial charge < -0.3 is 4.74 Å². The first-order valence-corrected chi connectivity index (χ1v) is 11.0. The first-order valence-electron chi connectivity index (χ1n) is 9.51. The molecule has 1 N–H and O–H groups in total. The van der Waals surface area contributed by atoms with Crippen molar-refractivity contribution in [3.05, 3.63) is 59.2 Å². The number of hydrogen-bond donors (Lipinski definition) is 1. The molecule has 1 fully saturated rings. The minimum atomic E-state index is -4.20. The summed E-state index contributed by atoms with van der Waals surface area (Å²) in [6.07, 6.45) is 3.19. The number of likely N-dealkylation sites (tertiary alicyclic amines) is 1. The number of esters is 1. The van der Waals surface area contributed by atoms with Crippen LogP contribution < -0.4 is 4.74 Å². The third-order valence-corrected chi connectivity index (χ3v) is 6.34. The number of rotatable bonds is 4. The standard InChI is InChI=1S/C21H23NO5S/c23-20-10-9-16-5-2-8-19(21(16)27-20)17-6-3-11-22(14-17)13-15-4-1-7-18(12-15)28(24,25)26/h1-2,4-5,7-8,12,17H,3,6,9-11,13-14H2,(H,24,25,26). The van der Waals surface area contributed by atoms with E-state index in [1.807, 2.05) is 24.3 Å². The molecular formula is C21H23NO5S. The second-order valence-corrected chi connectivity index (χ2v) is 8.93. The smallest absolute Gasteiger partial charge is 0.311 e. The first kappa shape index (κ1) is 19.1. The van der Waals surface area contributed by atoms with Crippen LogP contribution in [0.1, 0.15) is 41.9 Å². The van der Waals surface area contributed by atoms with Gasteiger partial charge in [0.25, 0.3) is 10.1 Å². The van der Waals surface area contributed by atoms with Gasteiger partial charge in [0.15, 0.2) is 0 Å². The second-order valence-electron chi connectivity index (χ2n) is 7.51. The number of benzene rings is 2. The third kappa shape index (κ3) is 4.11. The van der Waals surface area contributed by atoms with Crippen molar-refractivity contribution < 1.29 is 22.5 Å². The van der Waals surface area contributed by atoms with Crippen LogP contribution in [0.4, 0.5) is 0 Å². The minimum Gasteiger partial charge on any atom is -0.426 e. The summed E-state index contributed by atoms with van der Waals surface area (Å²) in [5.41, 5.74) is 3.02. The highest BCUT2D eigenvalue weighted by atomic mass is 32.2. The molecule has 0 aromatic heterocycles. The molecule has 2 aromatic rings. The Morgan fingerprint density at radius 1 is 1.14 bits per heavy atom. The van der Waals surface area contributed by atoms with Crippen molar-refractivity contribution >= 4 is 16.1 Å². The van der Waals surface area contributed by atoms with E-state index in [2.05, 4.69) is 4.90 Å². The lowest BCUT2D eigenvalue weighted by Crippen LogP contribution is -2.34. The largest absolute Gasteiger partial charge is 0.426 e. The summed E-state index contributed by atoms with van der Waals surface area (Å²) >= 11 is 0. The van der Waals surface area contributed by atoms with Crippen molar-refractivity contribution in [2.24, 2.45) is 0 Å². The van der Waals surface area contributed by atoms with Crippen LogP contribution in [-0.4, -0.2) is 36.9 Å². The maximum Gasteiger partial charge on any atom is 0.311 e. The van der Waals surface area contributed by atoms with Gasteiger partial charge in [0.2, 0.25) is 0 Å². The molecule has 0 bridgehead atoms. The van der Waals surface area contributed by atoms with E-state index in [9.17, 15) is 17.8 Å². The van der Waals surface area contributed by atoms with E-state index in [4.69, 9.17) is 4.74 Å². The lowest BCUT2D eigenvalue weighted by atomic mass is 9.87. The fourth-order valence-corrected chi connectivity index (χ4v) is 4.72. The normalized spacial score (nSPS) is 20.5. The molecule has 0 saturated carbocycles. The SMILES string of the molecule is O=C1CCc2cccc(C3CCCN(Cc4cccc(S(=O)(=O)O)c4)C3)c2O1. The Bertz CT molecular complexity index is 1000. The molecule has 1 atom stereocenters. The molecule has 2 aliphatic rings. The molecule has 148 valence electrons. The zero-order valence-electron chi connectivity index (χ0n) is 15.5. The Morgan fingerprint density at radius 2 is 1.96 bits per heavy atom. The maximum atomic E-state index is 11.8. The molecule has 0 radical (unpaired) electrons. The molecule has 28 heavy (non-hydrogen) atoms. The van der Waals surface area contributed by atoms with Gasteiger partial charge in [-0.1, -0.05) is 30.3 Å². The van der Waals surface area contributed by atoms with Crippen LogP contribution >= 0.6 is 0 Å². The van der Waals surface area contributed by atoms with Gasteiger partial charge in [0.1, 0.15) is 5.75 Å². The molecule has 2 aliphatic heterocycles. The van der Waals surface area contributed by atoms with Crippen LogP contribution in [0.25, 0.3) is 0 Å². The van der Waals surface area contributed by atoms with Gasteiger partial charge in [0, 0.05) is 19.0 Å². The van der Waals surface area contributed by atoms with Gasteiger partial charge >= 0.3 is 5.97 Å². The highest BCUT2D eigenvalue weighted by Crippen LogP contribution is 2.38. The molecule has 2 aromatic carbocycles. The molecule has 0 spiro atoms. The number of fused-ring (bicyclic) bond motifs is 1. The average Bonchev–Trinajstić information content (AvgIpc) is 2.67. The number of nitrogens with zero attached hydrogens (tertiary/aromatic N) is 1. The number of para-hydroxylation sites is 1. The van der Waals surface area contributed by atoms with E-state index < -0.39 is 10.1 Å². The summed E-state index contributed by atoms with van der Waals surface area (Å²) in [5.74, 6) is 0.827. The number of ether oxygens (including phenoxy) is 1. The van der Waals surface area contributed by atoms with E-state index >= 15 is 0 Å². The summed E-state index contributed by atoms with van der Waals surface area (Å²) in [6.45, 7) is 2.33. The fraction of sp³-hybridized carbons (Fsp3) is 0.381. The van der Waals surface area contributed by atoms with Crippen LogP contribution in [0.5, 0.6) is 5.75 Å². The molecule has 2 heterocycles. The van der Waals surface area contributed by atoms with Gasteiger partial charge in [-0.3, -0.25) is 14.2 Å². The van der Waals surface area contributed by atoms with Crippen LogP contribution in [-0.2, 0) is 27.9 Å². The quantitative estimate of drug-likeness (QED) is 0.481. The van der Waals surface area contributed by atoms with Crippen molar-refractivity contribution in [3.63, 3.8) is 0 Å². The summed E-state index contributed by atoms with van der Waals surface area (Å²) in [7, 11) is -4.20. The number of aryl methyl sites for hydroxylation is 1. The summed E-state index contributed by atoms with van der Waals surface area (Å²) in [6, 6.07) is 12.5. The third-order valence-electron chi connectivity index (χ3n) is 5.49. The highest BCUT2D eigenvalue weighted by molar-refractivity contribution is 7.85. The Hall–Kier alpha value is -2.22. The van der Waals surface area contributed by atoms with Crippen molar-refractivity contribution in [2.75, 3.05) is 13.1 Å². The monoisotopic (exact) mass is 401 g/mol. The topological polar surface area (TPSA) is 83.9 Å². The molecule has 0 aliphatic carbocycles. The molecule has 1 unspecified atom stereocenters. The zero-order valence-corrected chi connectivity index (χ0v) is 16.3. The van der Waals surface area contributed by atoms with Crippen LogP contribution in [0.15, 0.2) is 47.4 Å². The molecule has 6 nitrogen and oxygen atoms in total. The second kappa shape index (κ2) is 7.66. The van der Waals surface area contributed by atoms with Crippen molar-refractivity contribution in [3.8, 4) is 5.75 Å². The Labute approximate surface area is 164 Å². The van der Waals surface area contributed by atoms with E-state index in [0.717, 1.165) is 54.8 Å². The number of hydrogen-bond acceptors (Lipinski definition) is 5. The van der Waals surface area contributed by atoms with Crippen molar-refractivity contribution in [1.29, 1.82) is 0 Å². The predicted octanol–water partition coefficient (Wildman–Crippen LogP) is 3.16. The molecule has 4 rings (SSSR count). The van der Waals surface area contributed by atoms with Crippen LogP contribution in [0.3, 0.4) is 0 Å². The van der Waals surface area contributed by atoms with E-state index in [1.54, 1.807) is 6.07 Å². The predicted molar refractivity (Wildman–Crippen MR) is 104 cm³/mol. The Kier molecular flexibility index (Phi) is 5.23. The van der Waals surface area contributed by atoms with Gasteiger partial charge in [-0.05, 0) is 54.6 Å². The average molecular weight is 401 g/mol. The number of carbonyl (C=O) groups excluding carboxylic acids is 1. The van der Waals surface area contributed by atoms with Crippen molar-refractivity contribution in [2.45, 2.75) is 43.0 Å². The van der Waals surface area contributed by atoms with Crippen molar-refractivity contribution in [1.82, 2.24) is 4.90 Å². The minimum absolute atomic E-state index is 0.0809. The summed E-state index contributed by atoms with van der Waals surface area (Å²) < 4.78 is 37.6. The van der Waals surface area contributed by atoms with Crippen LogP contribution in [0, 0.1) is 0 Å². The maximum absolute atomic E-state index is 11.8. The highest BCUT2D eigenvalue weighted by Gasteiger charge is 2.28. The lowest BCUT2D eigenvalue weighted by Gasteiger charge is -2.34. The number of carbonyl (C=O) groups is 1. The van der Waals surface area contributed by atoms with E-state index in [0.29, 0.717) is 13.0 Å². The molecule has 0 amide bonds. The van der Waals surface area contributed by atoms with Gasteiger partial charge in [-0.15, -0.1) is 0 Å². The van der Waals surface area contributed by atoms with E-state index in [-0.39, 0.29) is 16.8 Å².